The molecule has 1 atom stereocenters. The van der Waals surface area contributed by atoms with E-state index in [1.165, 1.54) is 16.4 Å². The lowest BCUT2D eigenvalue weighted by Gasteiger charge is -2.31. The third-order valence-electron chi connectivity index (χ3n) is 2.65. The van der Waals surface area contributed by atoms with E-state index in [2.05, 4.69) is 69.0 Å². The van der Waals surface area contributed by atoms with Gasteiger partial charge in [0.25, 0.3) is 0 Å². The van der Waals surface area contributed by atoms with E-state index in [1.807, 2.05) is 0 Å². The third-order valence-corrected chi connectivity index (χ3v) is 3.14. The molecule has 0 aliphatic heterocycles. The Labute approximate surface area is 96.7 Å². The Hall–Kier alpha value is -0.350. The highest BCUT2D eigenvalue weighted by Crippen LogP contribution is 2.33. The lowest BCUT2D eigenvalue weighted by atomic mass is 9.75. The second-order valence-electron chi connectivity index (χ2n) is 6.27. The van der Waals surface area contributed by atoms with Gasteiger partial charge in [0.2, 0.25) is 0 Å². The van der Waals surface area contributed by atoms with Gasteiger partial charge in [0.05, 0.1) is 0 Å². The molecule has 0 saturated carbocycles. The zero-order chi connectivity index (χ0) is 11.9. The SMILES string of the molecule is CC(C)(C)c1cccc(P)c1C(C)(C)C. The highest BCUT2D eigenvalue weighted by Gasteiger charge is 2.25. The molecule has 0 aliphatic carbocycles. The van der Waals surface area contributed by atoms with Crippen LogP contribution in [0, 0.1) is 0 Å². The molecule has 0 spiro atoms. The second kappa shape index (κ2) is 3.91. The zero-order valence-electron chi connectivity index (χ0n) is 10.8. The number of rotatable bonds is 0. The standard InChI is InChI=1S/C14H23P/c1-13(2,3)10-8-7-9-11(15)12(10)14(4,5)6/h7-9H,15H2,1-6H3. The molecule has 0 nitrogen and oxygen atoms in total. The van der Waals surface area contributed by atoms with E-state index in [-0.39, 0.29) is 10.8 Å². The number of hydrogen-bond acceptors (Lipinski definition) is 0. The van der Waals surface area contributed by atoms with Crippen LogP contribution in [0.25, 0.3) is 0 Å². The highest BCUT2D eigenvalue weighted by molar-refractivity contribution is 7.27. The summed E-state index contributed by atoms with van der Waals surface area (Å²) in [4.78, 5) is 0. The van der Waals surface area contributed by atoms with Gasteiger partial charge in [-0.2, -0.15) is 0 Å². The average Bonchev–Trinajstić information content (AvgIpc) is 1.99. The maximum Gasteiger partial charge on any atom is -0.0123 e. The monoisotopic (exact) mass is 222 g/mol. The lowest BCUT2D eigenvalue weighted by Crippen LogP contribution is -2.27. The van der Waals surface area contributed by atoms with Crippen LogP contribution < -0.4 is 5.30 Å². The van der Waals surface area contributed by atoms with E-state index in [9.17, 15) is 0 Å². The first-order chi connectivity index (χ1) is 6.64. The Kier molecular flexibility index (Phi) is 3.31. The molecule has 15 heavy (non-hydrogen) atoms. The highest BCUT2D eigenvalue weighted by atomic mass is 31.0. The Morgan fingerprint density at radius 2 is 1.40 bits per heavy atom. The third kappa shape index (κ3) is 2.82. The predicted molar refractivity (Wildman–Crippen MR) is 73.2 cm³/mol. The number of benzene rings is 1. The van der Waals surface area contributed by atoms with E-state index in [0.29, 0.717) is 0 Å². The Balaban J connectivity index is 3.48. The van der Waals surface area contributed by atoms with Crippen molar-refractivity contribution in [2.45, 2.75) is 52.4 Å². The van der Waals surface area contributed by atoms with Crippen molar-refractivity contribution in [3.8, 4) is 0 Å². The molecule has 0 heterocycles. The smallest absolute Gasteiger partial charge is 0.0123 e. The Bertz CT molecular complexity index is 351. The average molecular weight is 222 g/mol. The van der Waals surface area contributed by atoms with Crippen molar-refractivity contribution >= 4 is 14.5 Å². The lowest BCUT2D eigenvalue weighted by molar-refractivity contribution is 0.533. The fourth-order valence-electron chi connectivity index (χ4n) is 2.03. The topological polar surface area (TPSA) is 0 Å². The van der Waals surface area contributed by atoms with Crippen molar-refractivity contribution in [1.29, 1.82) is 0 Å². The van der Waals surface area contributed by atoms with Crippen molar-refractivity contribution in [3.63, 3.8) is 0 Å². The van der Waals surface area contributed by atoms with Gasteiger partial charge in [0.15, 0.2) is 0 Å². The van der Waals surface area contributed by atoms with Crippen LogP contribution in [0.2, 0.25) is 0 Å². The van der Waals surface area contributed by atoms with Crippen LogP contribution in [0.15, 0.2) is 18.2 Å². The van der Waals surface area contributed by atoms with Crippen molar-refractivity contribution in [3.05, 3.63) is 29.3 Å². The summed E-state index contributed by atoms with van der Waals surface area (Å²) in [7, 11) is 2.87. The molecular weight excluding hydrogens is 199 g/mol. The van der Waals surface area contributed by atoms with Crippen LogP contribution in [0.1, 0.15) is 52.7 Å². The Morgan fingerprint density at radius 1 is 0.867 bits per heavy atom. The minimum absolute atomic E-state index is 0.209. The molecule has 1 heteroatoms. The molecular formula is C14H23P. The van der Waals surface area contributed by atoms with E-state index < -0.39 is 0 Å². The fourth-order valence-corrected chi connectivity index (χ4v) is 2.73. The van der Waals surface area contributed by atoms with Crippen molar-refractivity contribution in [2.75, 3.05) is 0 Å². The summed E-state index contributed by atoms with van der Waals surface area (Å²) in [5.74, 6) is 0. The van der Waals surface area contributed by atoms with Gasteiger partial charge in [-0.25, -0.2) is 0 Å². The summed E-state index contributed by atoms with van der Waals surface area (Å²) in [6.07, 6.45) is 0. The largest absolute Gasteiger partial charge is 0.105 e. The van der Waals surface area contributed by atoms with Gasteiger partial charge in [-0.15, -0.1) is 9.24 Å². The van der Waals surface area contributed by atoms with Gasteiger partial charge < -0.3 is 0 Å². The quantitative estimate of drug-likeness (QED) is 0.586. The molecule has 0 aliphatic rings. The summed E-state index contributed by atoms with van der Waals surface area (Å²) in [5.41, 5.74) is 3.36. The zero-order valence-corrected chi connectivity index (χ0v) is 12.0. The summed E-state index contributed by atoms with van der Waals surface area (Å²) >= 11 is 0. The molecule has 1 aromatic rings. The molecule has 0 aromatic heterocycles. The maximum atomic E-state index is 2.87. The van der Waals surface area contributed by atoms with Gasteiger partial charge in [0, 0.05) is 0 Å². The van der Waals surface area contributed by atoms with E-state index in [1.54, 1.807) is 0 Å². The van der Waals surface area contributed by atoms with Gasteiger partial charge in [-0.3, -0.25) is 0 Å². The number of hydrogen-bond donors (Lipinski definition) is 0. The Morgan fingerprint density at radius 3 is 1.73 bits per heavy atom. The van der Waals surface area contributed by atoms with Crippen LogP contribution in [0.3, 0.4) is 0 Å². The molecule has 0 radical (unpaired) electrons. The minimum Gasteiger partial charge on any atom is -0.105 e. The molecule has 84 valence electrons. The van der Waals surface area contributed by atoms with Crippen LogP contribution in [-0.4, -0.2) is 0 Å². The van der Waals surface area contributed by atoms with Crippen LogP contribution in [-0.2, 0) is 10.8 Å². The molecule has 0 amide bonds. The maximum absolute atomic E-state index is 2.87. The summed E-state index contributed by atoms with van der Waals surface area (Å²) in [5, 5.41) is 1.33. The summed E-state index contributed by atoms with van der Waals surface area (Å²) < 4.78 is 0. The molecule has 1 rings (SSSR count). The molecule has 0 bridgehead atoms. The van der Waals surface area contributed by atoms with Gasteiger partial charge in [0.1, 0.15) is 0 Å². The first kappa shape index (κ1) is 12.7. The van der Waals surface area contributed by atoms with E-state index in [4.69, 9.17) is 0 Å². The van der Waals surface area contributed by atoms with Gasteiger partial charge in [-0.05, 0) is 27.3 Å². The van der Waals surface area contributed by atoms with Crippen molar-refractivity contribution in [2.24, 2.45) is 0 Å². The molecule has 0 saturated heterocycles. The van der Waals surface area contributed by atoms with Gasteiger partial charge in [-0.1, -0.05) is 59.7 Å². The van der Waals surface area contributed by atoms with Crippen LogP contribution in [0.4, 0.5) is 0 Å². The van der Waals surface area contributed by atoms with E-state index in [0.717, 1.165) is 0 Å². The fraction of sp³-hybridized carbons (Fsp3) is 0.571. The van der Waals surface area contributed by atoms with Crippen LogP contribution >= 0.6 is 9.24 Å². The van der Waals surface area contributed by atoms with Crippen molar-refractivity contribution < 1.29 is 0 Å². The summed E-state index contributed by atoms with van der Waals surface area (Å²) in [6.45, 7) is 13.7. The van der Waals surface area contributed by atoms with Crippen molar-refractivity contribution in [1.82, 2.24) is 0 Å². The van der Waals surface area contributed by atoms with E-state index >= 15 is 0 Å². The first-order valence-electron chi connectivity index (χ1n) is 5.53. The predicted octanol–water partition coefficient (Wildman–Crippen LogP) is 3.78. The van der Waals surface area contributed by atoms with Gasteiger partial charge >= 0.3 is 0 Å². The summed E-state index contributed by atoms with van der Waals surface area (Å²) in [6, 6.07) is 6.59. The van der Waals surface area contributed by atoms with Crippen LogP contribution in [0.5, 0.6) is 0 Å². The molecule has 0 N–H and O–H groups in total. The first-order valence-corrected chi connectivity index (χ1v) is 6.11. The molecule has 1 aromatic carbocycles. The molecule has 1 unspecified atom stereocenters. The molecule has 0 fully saturated rings. The second-order valence-corrected chi connectivity index (χ2v) is 6.89. The normalized spacial score (nSPS) is 13.0. The minimum atomic E-state index is 0.209.